The Morgan fingerprint density at radius 2 is 1.60 bits per heavy atom. The van der Waals surface area contributed by atoms with Crippen LogP contribution in [0.4, 0.5) is 5.69 Å². The number of carbonyl (C=O) groups is 1. The summed E-state index contributed by atoms with van der Waals surface area (Å²) in [7, 11) is 0. The first-order chi connectivity index (χ1) is 11.8. The van der Waals surface area contributed by atoms with E-state index in [-0.39, 0.29) is 30.2 Å². The molecular weight excluding hydrogens is 332 g/mol. The first-order valence-corrected chi connectivity index (χ1v) is 8.37. The summed E-state index contributed by atoms with van der Waals surface area (Å²) in [5, 5.41) is 8.73. The molecule has 0 aliphatic carbocycles. The van der Waals surface area contributed by atoms with E-state index in [1.54, 1.807) is 0 Å². The molecule has 1 saturated heterocycles. The molecule has 0 radical (unpaired) electrons. The zero-order chi connectivity index (χ0) is 16.4. The fourth-order valence-electron chi connectivity index (χ4n) is 3.56. The van der Waals surface area contributed by atoms with E-state index in [4.69, 9.17) is 0 Å². The minimum Gasteiger partial charge on any atom is -0.325 e. The van der Waals surface area contributed by atoms with Crippen molar-refractivity contribution < 1.29 is 4.79 Å². The van der Waals surface area contributed by atoms with Crippen molar-refractivity contribution in [2.75, 3.05) is 18.4 Å². The number of anilines is 1. The Hall–Kier alpha value is -2.36. The molecule has 1 aliphatic rings. The molecular formula is C21H21ClN2O. The lowest BCUT2D eigenvalue weighted by molar-refractivity contribution is -0.119. The van der Waals surface area contributed by atoms with Gasteiger partial charge in [0.25, 0.3) is 0 Å². The van der Waals surface area contributed by atoms with Gasteiger partial charge in [-0.15, -0.1) is 12.4 Å². The molecule has 0 spiro atoms. The van der Waals surface area contributed by atoms with Crippen molar-refractivity contribution in [1.82, 2.24) is 5.32 Å². The number of fused-ring (bicyclic) bond motifs is 1. The first-order valence-electron chi connectivity index (χ1n) is 8.37. The minimum absolute atomic E-state index is 0. The zero-order valence-corrected chi connectivity index (χ0v) is 14.6. The van der Waals surface area contributed by atoms with Crippen molar-refractivity contribution in [1.29, 1.82) is 0 Å². The van der Waals surface area contributed by atoms with Gasteiger partial charge in [0.1, 0.15) is 0 Å². The quantitative estimate of drug-likeness (QED) is 0.741. The average molecular weight is 353 g/mol. The molecule has 4 rings (SSSR count). The Kier molecular flexibility index (Phi) is 5.37. The molecule has 2 unspecified atom stereocenters. The van der Waals surface area contributed by atoms with E-state index in [9.17, 15) is 4.79 Å². The summed E-state index contributed by atoms with van der Waals surface area (Å²) in [6.07, 6.45) is 0. The highest BCUT2D eigenvalue weighted by Crippen LogP contribution is 2.30. The molecule has 0 aromatic heterocycles. The van der Waals surface area contributed by atoms with Crippen LogP contribution >= 0.6 is 12.4 Å². The number of hydrogen-bond acceptors (Lipinski definition) is 2. The molecule has 0 saturated carbocycles. The predicted octanol–water partition coefficient (Wildman–Crippen LogP) is 4.20. The fourth-order valence-corrected chi connectivity index (χ4v) is 3.56. The Morgan fingerprint density at radius 3 is 2.44 bits per heavy atom. The largest absolute Gasteiger partial charge is 0.325 e. The third-order valence-corrected chi connectivity index (χ3v) is 4.83. The van der Waals surface area contributed by atoms with Crippen molar-refractivity contribution in [3.8, 4) is 0 Å². The number of carbonyl (C=O) groups excluding carboxylic acids is 1. The second-order valence-electron chi connectivity index (χ2n) is 6.30. The maximum Gasteiger partial charge on any atom is 0.229 e. The van der Waals surface area contributed by atoms with Gasteiger partial charge < -0.3 is 10.6 Å². The Morgan fingerprint density at radius 1 is 0.880 bits per heavy atom. The molecule has 3 nitrogen and oxygen atoms in total. The highest BCUT2D eigenvalue weighted by atomic mass is 35.5. The highest BCUT2D eigenvalue weighted by Gasteiger charge is 2.33. The fraction of sp³-hybridized carbons (Fsp3) is 0.190. The van der Waals surface area contributed by atoms with E-state index >= 15 is 0 Å². The van der Waals surface area contributed by atoms with Crippen LogP contribution in [-0.2, 0) is 4.79 Å². The van der Waals surface area contributed by atoms with Gasteiger partial charge in [-0.1, -0.05) is 66.7 Å². The monoisotopic (exact) mass is 352 g/mol. The average Bonchev–Trinajstić information content (AvgIpc) is 3.13. The van der Waals surface area contributed by atoms with Crippen molar-refractivity contribution in [3.05, 3.63) is 78.4 Å². The van der Waals surface area contributed by atoms with E-state index in [2.05, 4.69) is 34.9 Å². The van der Waals surface area contributed by atoms with Crippen LogP contribution in [0.2, 0.25) is 0 Å². The van der Waals surface area contributed by atoms with Gasteiger partial charge in [0.15, 0.2) is 0 Å². The summed E-state index contributed by atoms with van der Waals surface area (Å²) in [5.74, 6) is 0.262. The van der Waals surface area contributed by atoms with Crippen LogP contribution < -0.4 is 10.6 Å². The summed E-state index contributed by atoms with van der Waals surface area (Å²) in [4.78, 5) is 12.9. The molecule has 1 fully saturated rings. The SMILES string of the molecule is Cl.O=C(Nc1cccc2ccccc12)C1CNCC1c1ccccc1. The van der Waals surface area contributed by atoms with E-state index in [1.807, 2.05) is 48.5 Å². The van der Waals surface area contributed by atoms with Crippen LogP contribution in [-0.4, -0.2) is 19.0 Å². The summed E-state index contributed by atoms with van der Waals surface area (Å²) in [5.41, 5.74) is 2.11. The molecule has 128 valence electrons. The number of amides is 1. The molecule has 4 heteroatoms. The summed E-state index contributed by atoms with van der Waals surface area (Å²) in [6, 6.07) is 24.4. The van der Waals surface area contributed by atoms with Gasteiger partial charge in [-0.25, -0.2) is 0 Å². The van der Waals surface area contributed by atoms with Gasteiger partial charge in [-0.2, -0.15) is 0 Å². The summed E-state index contributed by atoms with van der Waals surface area (Å²) >= 11 is 0. The topological polar surface area (TPSA) is 41.1 Å². The third-order valence-electron chi connectivity index (χ3n) is 4.83. The van der Waals surface area contributed by atoms with Crippen LogP contribution in [0.15, 0.2) is 72.8 Å². The lowest BCUT2D eigenvalue weighted by atomic mass is 9.88. The predicted molar refractivity (Wildman–Crippen MR) is 105 cm³/mol. The molecule has 0 bridgehead atoms. The van der Waals surface area contributed by atoms with E-state index in [0.717, 1.165) is 29.5 Å². The second-order valence-corrected chi connectivity index (χ2v) is 6.30. The Bertz CT molecular complexity index is 861. The van der Waals surface area contributed by atoms with Crippen molar-refractivity contribution >= 4 is 34.8 Å². The maximum absolute atomic E-state index is 12.9. The Balaban J connectivity index is 0.00000182. The standard InChI is InChI=1S/C21H20N2O.ClH/c24-21(19-14-22-13-18(19)16-7-2-1-3-8-16)23-20-12-6-10-15-9-4-5-11-17(15)20;/h1-12,18-19,22H,13-14H2,(H,23,24);1H. The van der Waals surface area contributed by atoms with Crippen molar-refractivity contribution in [3.63, 3.8) is 0 Å². The van der Waals surface area contributed by atoms with Crippen LogP contribution in [0.1, 0.15) is 11.5 Å². The lowest BCUT2D eigenvalue weighted by Gasteiger charge is -2.19. The van der Waals surface area contributed by atoms with Gasteiger partial charge in [0.05, 0.1) is 5.92 Å². The number of halogens is 1. The number of rotatable bonds is 3. The number of benzene rings is 3. The van der Waals surface area contributed by atoms with Crippen molar-refractivity contribution in [2.24, 2.45) is 5.92 Å². The number of nitrogens with one attached hydrogen (secondary N) is 2. The van der Waals surface area contributed by atoms with Crippen LogP contribution in [0.25, 0.3) is 10.8 Å². The third kappa shape index (κ3) is 3.53. The maximum atomic E-state index is 12.9. The normalized spacial score (nSPS) is 19.4. The molecule has 25 heavy (non-hydrogen) atoms. The summed E-state index contributed by atoms with van der Waals surface area (Å²) < 4.78 is 0. The molecule has 1 heterocycles. The van der Waals surface area contributed by atoms with E-state index in [0.29, 0.717) is 0 Å². The summed E-state index contributed by atoms with van der Waals surface area (Å²) in [6.45, 7) is 1.56. The molecule has 2 N–H and O–H groups in total. The van der Waals surface area contributed by atoms with Gasteiger partial charge in [0.2, 0.25) is 5.91 Å². The van der Waals surface area contributed by atoms with Crippen LogP contribution in [0.5, 0.6) is 0 Å². The minimum atomic E-state index is -0.0497. The zero-order valence-electron chi connectivity index (χ0n) is 13.8. The van der Waals surface area contributed by atoms with Gasteiger partial charge in [-0.05, 0) is 17.0 Å². The van der Waals surface area contributed by atoms with Gasteiger partial charge >= 0.3 is 0 Å². The highest BCUT2D eigenvalue weighted by molar-refractivity contribution is 6.03. The van der Waals surface area contributed by atoms with E-state index in [1.165, 1.54) is 5.56 Å². The van der Waals surface area contributed by atoms with Gasteiger partial charge in [0, 0.05) is 30.1 Å². The Labute approximate surface area is 153 Å². The molecule has 3 aromatic rings. The van der Waals surface area contributed by atoms with Crippen LogP contribution in [0, 0.1) is 5.92 Å². The number of hydrogen-bond donors (Lipinski definition) is 2. The van der Waals surface area contributed by atoms with Gasteiger partial charge in [-0.3, -0.25) is 4.79 Å². The molecule has 3 aromatic carbocycles. The second kappa shape index (κ2) is 7.68. The molecule has 2 atom stereocenters. The molecule has 1 amide bonds. The van der Waals surface area contributed by atoms with Crippen molar-refractivity contribution in [2.45, 2.75) is 5.92 Å². The smallest absolute Gasteiger partial charge is 0.229 e. The first kappa shape index (κ1) is 17.5. The van der Waals surface area contributed by atoms with E-state index < -0.39 is 0 Å². The molecule has 1 aliphatic heterocycles. The lowest BCUT2D eigenvalue weighted by Crippen LogP contribution is -2.28. The van der Waals surface area contributed by atoms with Crippen LogP contribution in [0.3, 0.4) is 0 Å².